The van der Waals surface area contributed by atoms with Crippen LogP contribution >= 0.6 is 0 Å². The third kappa shape index (κ3) is 3.96. The van der Waals surface area contributed by atoms with Crippen LogP contribution in [-0.2, 0) is 0 Å². The van der Waals surface area contributed by atoms with Gasteiger partial charge in [0.2, 0.25) is 0 Å². The maximum atomic E-state index is 12.3. The Morgan fingerprint density at radius 1 is 1.47 bits per heavy atom. The fourth-order valence-corrected chi connectivity index (χ4v) is 1.66. The number of carbonyl (C=O) groups is 1. The van der Waals surface area contributed by atoms with Crippen molar-refractivity contribution in [3.05, 3.63) is 29.8 Å². The van der Waals surface area contributed by atoms with Gasteiger partial charge < -0.3 is 15.8 Å². The van der Waals surface area contributed by atoms with Crippen molar-refractivity contribution < 1.29 is 9.53 Å². The minimum Gasteiger partial charge on any atom is -0.494 e. The van der Waals surface area contributed by atoms with Crippen LogP contribution in [0.2, 0.25) is 0 Å². The molecule has 0 radical (unpaired) electrons. The normalized spacial score (nSPS) is 14.0. The number of hydrogen-bond acceptors (Lipinski definition) is 3. The van der Waals surface area contributed by atoms with Crippen LogP contribution in [0.1, 0.15) is 38.1 Å². The summed E-state index contributed by atoms with van der Waals surface area (Å²) in [6.45, 7) is 8.95. The van der Waals surface area contributed by atoms with Gasteiger partial charge in [0.15, 0.2) is 0 Å². The van der Waals surface area contributed by atoms with Crippen molar-refractivity contribution in [3.63, 3.8) is 0 Å². The summed E-state index contributed by atoms with van der Waals surface area (Å²) in [6.07, 6.45) is 0. The second-order valence-electron chi connectivity index (χ2n) is 5.19. The van der Waals surface area contributed by atoms with Crippen LogP contribution in [0.4, 0.5) is 0 Å². The van der Waals surface area contributed by atoms with Gasteiger partial charge in [-0.25, -0.2) is 0 Å². The molecule has 0 saturated carbocycles. The zero-order chi connectivity index (χ0) is 14.5. The van der Waals surface area contributed by atoms with E-state index in [1.54, 1.807) is 12.1 Å². The molecule has 0 heterocycles. The molecule has 0 aliphatic rings. The van der Waals surface area contributed by atoms with Gasteiger partial charge in [0.25, 0.3) is 5.91 Å². The van der Waals surface area contributed by atoms with Gasteiger partial charge in [0.05, 0.1) is 12.1 Å². The molecule has 0 aliphatic carbocycles. The van der Waals surface area contributed by atoms with E-state index in [0.717, 1.165) is 0 Å². The molecule has 4 nitrogen and oxygen atoms in total. The lowest BCUT2D eigenvalue weighted by atomic mass is 9.88. The van der Waals surface area contributed by atoms with E-state index in [9.17, 15) is 4.79 Å². The molecule has 0 aromatic heterocycles. The van der Waals surface area contributed by atoms with Crippen molar-refractivity contribution in [2.24, 2.45) is 11.7 Å². The van der Waals surface area contributed by atoms with Crippen LogP contribution in [0.15, 0.2) is 24.3 Å². The quantitative estimate of drug-likeness (QED) is 0.827. The minimum atomic E-state index is -0.404. The molecule has 3 N–H and O–H groups in total. The molecule has 1 aromatic carbocycles. The molecular formula is C15H24N2O2. The molecule has 0 spiro atoms. The molecule has 1 unspecified atom stereocenters. The van der Waals surface area contributed by atoms with Gasteiger partial charge in [0.1, 0.15) is 5.75 Å². The predicted octanol–water partition coefficient (Wildman–Crippen LogP) is 2.19. The minimum absolute atomic E-state index is 0.122. The van der Waals surface area contributed by atoms with Crippen molar-refractivity contribution in [3.8, 4) is 5.75 Å². The molecule has 4 heteroatoms. The van der Waals surface area contributed by atoms with Crippen molar-refractivity contribution in [1.82, 2.24) is 5.32 Å². The Balaban J connectivity index is 2.86. The number of nitrogens with one attached hydrogen (secondary N) is 1. The molecule has 19 heavy (non-hydrogen) atoms. The Hall–Kier alpha value is -1.55. The van der Waals surface area contributed by atoms with Gasteiger partial charge in [0, 0.05) is 12.1 Å². The fourth-order valence-electron chi connectivity index (χ4n) is 1.66. The van der Waals surface area contributed by atoms with Gasteiger partial charge in [-0.15, -0.1) is 0 Å². The number of benzene rings is 1. The summed E-state index contributed by atoms with van der Waals surface area (Å²) < 4.78 is 5.40. The first kappa shape index (κ1) is 15.5. The van der Waals surface area contributed by atoms with E-state index in [2.05, 4.69) is 5.32 Å². The van der Waals surface area contributed by atoms with Crippen LogP contribution in [-0.4, -0.2) is 24.6 Å². The van der Waals surface area contributed by atoms with Crippen molar-refractivity contribution in [2.75, 3.05) is 13.2 Å². The summed E-state index contributed by atoms with van der Waals surface area (Å²) >= 11 is 0. The number of nitrogens with two attached hydrogens (primary N) is 1. The van der Waals surface area contributed by atoms with Gasteiger partial charge in [-0.2, -0.15) is 0 Å². The number of rotatable bonds is 6. The summed E-state index contributed by atoms with van der Waals surface area (Å²) in [6, 6.07) is 7.17. The molecule has 0 bridgehead atoms. The van der Waals surface area contributed by atoms with Crippen molar-refractivity contribution in [1.29, 1.82) is 0 Å². The maximum absolute atomic E-state index is 12.3. The van der Waals surface area contributed by atoms with Gasteiger partial charge >= 0.3 is 0 Å². The van der Waals surface area contributed by atoms with Crippen LogP contribution < -0.4 is 15.8 Å². The largest absolute Gasteiger partial charge is 0.494 e. The smallest absolute Gasteiger partial charge is 0.251 e. The lowest BCUT2D eigenvalue weighted by Gasteiger charge is -2.33. The Kier molecular flexibility index (Phi) is 5.36. The summed E-state index contributed by atoms with van der Waals surface area (Å²) in [4.78, 5) is 12.3. The molecule has 0 saturated heterocycles. The average molecular weight is 264 g/mol. The lowest BCUT2D eigenvalue weighted by molar-refractivity contribution is 0.0882. The predicted molar refractivity (Wildman–Crippen MR) is 77.4 cm³/mol. The first-order valence-corrected chi connectivity index (χ1v) is 6.68. The lowest BCUT2D eigenvalue weighted by Crippen LogP contribution is -2.55. The Bertz CT molecular complexity index is 432. The monoisotopic (exact) mass is 264 g/mol. The molecule has 106 valence electrons. The van der Waals surface area contributed by atoms with E-state index in [1.165, 1.54) is 0 Å². The topological polar surface area (TPSA) is 64.3 Å². The summed E-state index contributed by atoms with van der Waals surface area (Å²) in [5, 5.41) is 3.01. The Labute approximate surface area is 115 Å². The first-order chi connectivity index (χ1) is 8.92. The highest BCUT2D eigenvalue weighted by atomic mass is 16.5. The third-order valence-electron chi connectivity index (χ3n) is 3.50. The van der Waals surface area contributed by atoms with Crippen LogP contribution in [0.3, 0.4) is 0 Å². The molecule has 1 amide bonds. The van der Waals surface area contributed by atoms with E-state index in [-0.39, 0.29) is 11.8 Å². The van der Waals surface area contributed by atoms with E-state index in [1.807, 2.05) is 39.8 Å². The summed E-state index contributed by atoms with van der Waals surface area (Å²) in [5.74, 6) is 0.842. The number of hydrogen-bond donors (Lipinski definition) is 2. The molecule has 0 aliphatic heterocycles. The molecular weight excluding hydrogens is 240 g/mol. The van der Waals surface area contributed by atoms with E-state index in [4.69, 9.17) is 10.5 Å². The Morgan fingerprint density at radius 3 is 2.68 bits per heavy atom. The van der Waals surface area contributed by atoms with E-state index >= 15 is 0 Å². The number of carbonyl (C=O) groups excluding carboxylic acids is 1. The number of ether oxygens (including phenoxy) is 1. The Morgan fingerprint density at radius 2 is 2.16 bits per heavy atom. The molecule has 0 fully saturated rings. The van der Waals surface area contributed by atoms with Crippen LogP contribution in [0, 0.1) is 5.92 Å². The van der Waals surface area contributed by atoms with Crippen LogP contribution in [0.5, 0.6) is 5.75 Å². The average Bonchev–Trinajstić information content (AvgIpc) is 2.39. The maximum Gasteiger partial charge on any atom is 0.251 e. The van der Waals surface area contributed by atoms with Gasteiger partial charge in [-0.3, -0.25) is 4.79 Å². The van der Waals surface area contributed by atoms with E-state index in [0.29, 0.717) is 24.5 Å². The number of amides is 1. The van der Waals surface area contributed by atoms with Crippen LogP contribution in [0.25, 0.3) is 0 Å². The van der Waals surface area contributed by atoms with Gasteiger partial charge in [-0.1, -0.05) is 19.9 Å². The second-order valence-corrected chi connectivity index (χ2v) is 5.19. The molecule has 1 atom stereocenters. The summed E-state index contributed by atoms with van der Waals surface area (Å²) in [5.41, 5.74) is 5.96. The standard InChI is InChI=1S/C15H24N2O2/c1-5-19-13-8-6-7-12(9-13)14(18)17-15(4,10-16)11(2)3/h6-9,11H,5,10,16H2,1-4H3,(H,17,18). The summed E-state index contributed by atoms with van der Waals surface area (Å²) in [7, 11) is 0. The third-order valence-corrected chi connectivity index (χ3v) is 3.50. The fraction of sp³-hybridized carbons (Fsp3) is 0.533. The highest BCUT2D eigenvalue weighted by Crippen LogP contribution is 2.18. The SMILES string of the molecule is CCOc1cccc(C(=O)NC(C)(CN)C(C)C)c1. The second kappa shape index (κ2) is 6.57. The van der Waals surface area contributed by atoms with Gasteiger partial charge in [-0.05, 0) is 38.0 Å². The molecule has 1 rings (SSSR count). The van der Waals surface area contributed by atoms with E-state index < -0.39 is 5.54 Å². The molecule has 1 aromatic rings. The highest BCUT2D eigenvalue weighted by Gasteiger charge is 2.28. The van der Waals surface area contributed by atoms with Crippen molar-refractivity contribution in [2.45, 2.75) is 33.2 Å². The van der Waals surface area contributed by atoms with Crippen molar-refractivity contribution >= 4 is 5.91 Å². The highest BCUT2D eigenvalue weighted by molar-refractivity contribution is 5.95. The zero-order valence-electron chi connectivity index (χ0n) is 12.2. The first-order valence-electron chi connectivity index (χ1n) is 6.68. The zero-order valence-corrected chi connectivity index (χ0v) is 12.2.